The Balaban J connectivity index is 1.87. The number of ether oxygens (including phenoxy) is 1. The SMILES string of the molecule is O=C(CNC(=O)c1cc([N+](=O)[O-])c(F)c(F)c1F)NCCN1CCOCC1. The van der Waals surface area contributed by atoms with Crippen molar-refractivity contribution in [3.63, 3.8) is 0 Å². The van der Waals surface area contributed by atoms with Crippen LogP contribution in [0.4, 0.5) is 18.9 Å². The molecule has 0 saturated carbocycles. The number of hydrogen-bond acceptors (Lipinski definition) is 6. The number of hydrogen-bond donors (Lipinski definition) is 2. The predicted molar refractivity (Wildman–Crippen MR) is 85.6 cm³/mol. The fourth-order valence-electron chi connectivity index (χ4n) is 2.39. The molecule has 0 atom stereocenters. The third-order valence-electron chi connectivity index (χ3n) is 3.83. The average molecular weight is 390 g/mol. The van der Waals surface area contributed by atoms with Gasteiger partial charge >= 0.3 is 5.69 Å². The van der Waals surface area contributed by atoms with E-state index in [2.05, 4.69) is 10.2 Å². The smallest absolute Gasteiger partial charge is 0.308 e. The lowest BCUT2D eigenvalue weighted by molar-refractivity contribution is -0.387. The van der Waals surface area contributed by atoms with Gasteiger partial charge in [0, 0.05) is 32.2 Å². The van der Waals surface area contributed by atoms with Crippen molar-refractivity contribution in [1.29, 1.82) is 0 Å². The monoisotopic (exact) mass is 390 g/mol. The van der Waals surface area contributed by atoms with Gasteiger partial charge in [0.1, 0.15) is 0 Å². The van der Waals surface area contributed by atoms with E-state index in [0.29, 0.717) is 26.3 Å². The summed E-state index contributed by atoms with van der Waals surface area (Å²) < 4.78 is 45.5. The minimum atomic E-state index is -2.13. The highest BCUT2D eigenvalue weighted by atomic mass is 19.2. The summed E-state index contributed by atoms with van der Waals surface area (Å²) in [5.74, 6) is -7.88. The van der Waals surface area contributed by atoms with Gasteiger partial charge in [0.2, 0.25) is 17.5 Å². The second kappa shape index (κ2) is 9.28. The summed E-state index contributed by atoms with van der Waals surface area (Å²) in [4.78, 5) is 35.0. The van der Waals surface area contributed by atoms with Crippen LogP contribution in [0.1, 0.15) is 10.4 Å². The van der Waals surface area contributed by atoms with Gasteiger partial charge < -0.3 is 15.4 Å². The Labute approximate surface area is 151 Å². The van der Waals surface area contributed by atoms with Gasteiger partial charge in [-0.2, -0.15) is 4.39 Å². The number of carbonyl (C=O) groups excluding carboxylic acids is 2. The van der Waals surface area contributed by atoms with Crippen LogP contribution in [-0.2, 0) is 9.53 Å². The lowest BCUT2D eigenvalue weighted by Crippen LogP contribution is -2.43. The van der Waals surface area contributed by atoms with E-state index in [1.165, 1.54) is 0 Å². The normalized spacial score (nSPS) is 14.6. The van der Waals surface area contributed by atoms with E-state index in [0.717, 1.165) is 13.1 Å². The number of morpholine rings is 1. The highest BCUT2D eigenvalue weighted by Gasteiger charge is 2.28. The van der Waals surface area contributed by atoms with Crippen molar-refractivity contribution >= 4 is 17.5 Å². The van der Waals surface area contributed by atoms with Gasteiger partial charge in [-0.25, -0.2) is 8.78 Å². The zero-order valence-electron chi connectivity index (χ0n) is 14.1. The first-order valence-corrected chi connectivity index (χ1v) is 7.98. The number of halogens is 3. The minimum Gasteiger partial charge on any atom is -0.379 e. The Morgan fingerprint density at radius 2 is 1.81 bits per heavy atom. The topological polar surface area (TPSA) is 114 Å². The van der Waals surface area contributed by atoms with Gasteiger partial charge in [-0.15, -0.1) is 0 Å². The highest BCUT2D eigenvalue weighted by molar-refractivity contribution is 5.97. The minimum absolute atomic E-state index is 0.277. The van der Waals surface area contributed by atoms with E-state index in [-0.39, 0.29) is 6.07 Å². The zero-order valence-corrected chi connectivity index (χ0v) is 14.1. The third kappa shape index (κ3) is 5.37. The second-order valence-electron chi connectivity index (χ2n) is 5.63. The molecule has 0 radical (unpaired) electrons. The third-order valence-corrected chi connectivity index (χ3v) is 3.83. The van der Waals surface area contributed by atoms with E-state index in [1.54, 1.807) is 0 Å². The number of nitro groups is 1. The van der Waals surface area contributed by atoms with Gasteiger partial charge in [-0.05, 0) is 0 Å². The molecule has 0 bridgehead atoms. The van der Waals surface area contributed by atoms with Crippen molar-refractivity contribution in [3.05, 3.63) is 39.2 Å². The number of nitro benzene ring substituents is 1. The molecule has 12 heteroatoms. The first-order valence-electron chi connectivity index (χ1n) is 7.98. The zero-order chi connectivity index (χ0) is 20.0. The van der Waals surface area contributed by atoms with Crippen LogP contribution in [0.5, 0.6) is 0 Å². The molecule has 9 nitrogen and oxygen atoms in total. The quantitative estimate of drug-likeness (QED) is 0.390. The molecule has 1 aliphatic rings. The fourth-order valence-corrected chi connectivity index (χ4v) is 2.39. The summed E-state index contributed by atoms with van der Waals surface area (Å²) >= 11 is 0. The average Bonchev–Trinajstić information content (AvgIpc) is 2.65. The Kier molecular flexibility index (Phi) is 7.07. The number of rotatable bonds is 7. The van der Waals surface area contributed by atoms with Gasteiger partial charge in [-0.3, -0.25) is 24.6 Å². The Morgan fingerprint density at radius 1 is 1.15 bits per heavy atom. The van der Waals surface area contributed by atoms with Crippen molar-refractivity contribution in [1.82, 2.24) is 15.5 Å². The van der Waals surface area contributed by atoms with E-state index in [4.69, 9.17) is 4.74 Å². The van der Waals surface area contributed by atoms with Gasteiger partial charge in [-0.1, -0.05) is 0 Å². The summed E-state index contributed by atoms with van der Waals surface area (Å²) in [5.41, 5.74) is -2.45. The second-order valence-corrected chi connectivity index (χ2v) is 5.63. The number of amides is 2. The van der Waals surface area contributed by atoms with Crippen LogP contribution >= 0.6 is 0 Å². The highest BCUT2D eigenvalue weighted by Crippen LogP contribution is 2.25. The van der Waals surface area contributed by atoms with Gasteiger partial charge in [0.15, 0.2) is 5.82 Å². The van der Waals surface area contributed by atoms with Crippen LogP contribution in [0.15, 0.2) is 6.07 Å². The molecule has 0 unspecified atom stereocenters. The maximum Gasteiger partial charge on any atom is 0.308 e. The van der Waals surface area contributed by atoms with Crippen LogP contribution in [0, 0.1) is 27.6 Å². The molecule has 0 spiro atoms. The Bertz CT molecular complexity index is 741. The summed E-state index contributed by atoms with van der Waals surface area (Å²) in [5, 5.41) is 15.2. The first kappa shape index (κ1) is 20.6. The molecule has 148 valence electrons. The first-order chi connectivity index (χ1) is 12.8. The molecule has 1 heterocycles. The fraction of sp³-hybridized carbons (Fsp3) is 0.467. The van der Waals surface area contributed by atoms with E-state index in [9.17, 15) is 32.9 Å². The van der Waals surface area contributed by atoms with Crippen LogP contribution < -0.4 is 10.6 Å². The molecule has 2 amide bonds. The maximum absolute atomic E-state index is 13.7. The van der Waals surface area contributed by atoms with Crippen LogP contribution in [0.2, 0.25) is 0 Å². The van der Waals surface area contributed by atoms with Crippen LogP contribution in [-0.4, -0.2) is 67.6 Å². The number of nitrogens with one attached hydrogen (secondary N) is 2. The molecule has 0 aromatic heterocycles. The molecule has 1 aromatic carbocycles. The molecule has 2 N–H and O–H groups in total. The summed E-state index contributed by atoms with van der Waals surface area (Å²) in [7, 11) is 0. The van der Waals surface area contributed by atoms with Crippen molar-refractivity contribution in [2.24, 2.45) is 0 Å². The molecule has 1 aromatic rings. The van der Waals surface area contributed by atoms with Crippen molar-refractivity contribution < 1.29 is 32.4 Å². The Hall–Kier alpha value is -2.73. The lowest BCUT2D eigenvalue weighted by Gasteiger charge is -2.26. The number of nitrogens with zero attached hydrogens (tertiary/aromatic N) is 2. The number of benzene rings is 1. The summed E-state index contributed by atoms with van der Waals surface area (Å²) in [6, 6.07) is 0.277. The van der Waals surface area contributed by atoms with E-state index in [1.807, 2.05) is 5.32 Å². The van der Waals surface area contributed by atoms with Crippen LogP contribution in [0.3, 0.4) is 0 Å². The van der Waals surface area contributed by atoms with E-state index < -0.39 is 52.0 Å². The van der Waals surface area contributed by atoms with Crippen LogP contribution in [0.25, 0.3) is 0 Å². The summed E-state index contributed by atoms with van der Waals surface area (Å²) in [6.07, 6.45) is 0. The summed E-state index contributed by atoms with van der Waals surface area (Å²) in [6.45, 7) is 3.01. The molecular formula is C15H17F3N4O5. The predicted octanol–water partition coefficient (Wildman–Crippen LogP) is 0.190. The van der Waals surface area contributed by atoms with E-state index >= 15 is 0 Å². The van der Waals surface area contributed by atoms with Gasteiger partial charge in [0.05, 0.1) is 30.2 Å². The molecule has 1 fully saturated rings. The molecule has 27 heavy (non-hydrogen) atoms. The maximum atomic E-state index is 13.7. The molecule has 1 aliphatic heterocycles. The lowest BCUT2D eigenvalue weighted by atomic mass is 10.1. The van der Waals surface area contributed by atoms with Gasteiger partial charge in [0.25, 0.3) is 5.91 Å². The van der Waals surface area contributed by atoms with Crippen molar-refractivity contribution in [3.8, 4) is 0 Å². The molecule has 0 aliphatic carbocycles. The standard InChI is InChI=1S/C15H17F3N4O5/c16-12-9(7-10(22(25)26)13(17)14(12)18)15(24)20-8-11(23)19-1-2-21-3-5-27-6-4-21/h7H,1-6,8H2,(H,19,23)(H,20,24). The largest absolute Gasteiger partial charge is 0.379 e. The molecule has 1 saturated heterocycles. The Morgan fingerprint density at radius 3 is 2.44 bits per heavy atom. The number of carbonyl (C=O) groups is 2. The van der Waals surface area contributed by atoms with Crippen molar-refractivity contribution in [2.75, 3.05) is 45.9 Å². The van der Waals surface area contributed by atoms with Crippen molar-refractivity contribution in [2.45, 2.75) is 0 Å². The molecular weight excluding hydrogens is 373 g/mol. The molecule has 2 rings (SSSR count).